The fourth-order valence-electron chi connectivity index (χ4n) is 1.14. The molecule has 0 aliphatic rings. The molecule has 0 saturated heterocycles. The number of ether oxygens (including phenoxy) is 1. The van der Waals surface area contributed by atoms with Crippen LogP contribution in [0.2, 0.25) is 0 Å². The predicted octanol–water partition coefficient (Wildman–Crippen LogP) is 1.75. The number of alkyl halides is 1. The van der Waals surface area contributed by atoms with Crippen molar-refractivity contribution >= 4 is 17.6 Å². The van der Waals surface area contributed by atoms with Gasteiger partial charge in [-0.1, -0.05) is 0 Å². The molecule has 1 aromatic rings. The Morgan fingerprint density at radius 3 is 3.00 bits per heavy atom. The molecule has 78 valence electrons. The molecule has 0 aliphatic heterocycles. The summed E-state index contributed by atoms with van der Waals surface area (Å²) in [6.45, 7) is 4.78. The van der Waals surface area contributed by atoms with Gasteiger partial charge in [-0.15, -0.1) is 11.6 Å². The van der Waals surface area contributed by atoms with Gasteiger partial charge >= 0.3 is 5.97 Å². The van der Waals surface area contributed by atoms with Gasteiger partial charge in [-0.2, -0.15) is 0 Å². The first-order valence-electron chi connectivity index (χ1n) is 4.51. The number of carbonyl (C=O) groups excluding carboxylic acids is 1. The molecule has 1 rings (SSSR count). The molecule has 1 atom stereocenters. The Morgan fingerprint density at radius 1 is 1.71 bits per heavy atom. The van der Waals surface area contributed by atoms with E-state index < -0.39 is 11.3 Å². The summed E-state index contributed by atoms with van der Waals surface area (Å²) in [6.07, 6.45) is 3.22. The van der Waals surface area contributed by atoms with Crippen molar-refractivity contribution in [2.24, 2.45) is 0 Å². The summed E-state index contributed by atoms with van der Waals surface area (Å²) in [5.41, 5.74) is 0.674. The monoisotopic (exact) mass is 216 g/mol. The van der Waals surface area contributed by atoms with E-state index in [1.54, 1.807) is 19.4 Å². The maximum absolute atomic E-state index is 11.3. The molecular weight excluding hydrogens is 204 g/mol. The van der Waals surface area contributed by atoms with Crippen LogP contribution in [0.25, 0.3) is 0 Å². The van der Waals surface area contributed by atoms with E-state index in [0.29, 0.717) is 12.3 Å². The first kappa shape index (κ1) is 11.0. The second-order valence-corrected chi connectivity index (χ2v) is 3.16. The average Bonchev–Trinajstić information content (AvgIpc) is 2.64. The minimum absolute atomic E-state index is 0.336. The quantitative estimate of drug-likeness (QED) is 0.569. The van der Waals surface area contributed by atoms with Crippen LogP contribution in [0.5, 0.6) is 0 Å². The Balaban J connectivity index is 2.77. The van der Waals surface area contributed by atoms with Crippen molar-refractivity contribution in [3.63, 3.8) is 0 Å². The third-order valence-corrected chi connectivity index (χ3v) is 2.24. The molecule has 1 unspecified atom stereocenters. The van der Waals surface area contributed by atoms with Crippen molar-refractivity contribution in [1.82, 2.24) is 9.55 Å². The highest BCUT2D eigenvalue weighted by molar-refractivity contribution is 6.29. The van der Waals surface area contributed by atoms with E-state index in [2.05, 4.69) is 4.98 Å². The van der Waals surface area contributed by atoms with Crippen LogP contribution in [-0.2, 0) is 16.1 Å². The first-order chi connectivity index (χ1) is 6.70. The van der Waals surface area contributed by atoms with Crippen LogP contribution in [0, 0.1) is 0 Å². The van der Waals surface area contributed by atoms with Crippen LogP contribution in [0.1, 0.15) is 24.9 Å². The number of esters is 1. The smallest absolute Gasteiger partial charge is 0.330 e. The zero-order chi connectivity index (χ0) is 10.6. The number of imidazole rings is 1. The molecule has 5 heteroatoms. The molecule has 1 aromatic heterocycles. The minimum atomic E-state index is -0.766. The molecule has 0 radical (unpaired) electrons. The van der Waals surface area contributed by atoms with Crippen molar-refractivity contribution in [2.75, 3.05) is 6.61 Å². The van der Waals surface area contributed by atoms with Crippen molar-refractivity contribution in [2.45, 2.75) is 25.8 Å². The Bertz CT molecular complexity index is 312. The highest BCUT2D eigenvalue weighted by atomic mass is 35.5. The van der Waals surface area contributed by atoms with Gasteiger partial charge in [-0.25, -0.2) is 4.98 Å². The standard InChI is InChI=1S/C9H13ClN2O2/c1-3-12-6-11-5-7(12)8(10)9(13)14-4-2/h5-6,8H,3-4H2,1-2H3. The SMILES string of the molecule is CCOC(=O)C(Cl)c1cncn1CC. The summed E-state index contributed by atoms with van der Waals surface area (Å²) < 4.78 is 6.63. The summed E-state index contributed by atoms with van der Waals surface area (Å²) in [7, 11) is 0. The highest BCUT2D eigenvalue weighted by Gasteiger charge is 2.21. The zero-order valence-corrected chi connectivity index (χ0v) is 8.99. The third-order valence-electron chi connectivity index (χ3n) is 1.84. The number of rotatable bonds is 4. The lowest BCUT2D eigenvalue weighted by atomic mass is 10.3. The normalized spacial score (nSPS) is 12.5. The Kier molecular flexibility index (Phi) is 3.95. The van der Waals surface area contributed by atoms with E-state index >= 15 is 0 Å². The molecule has 4 nitrogen and oxygen atoms in total. The maximum Gasteiger partial charge on any atom is 0.330 e. The number of nitrogens with zero attached hydrogens (tertiary/aromatic N) is 2. The van der Waals surface area contributed by atoms with Gasteiger partial charge in [0, 0.05) is 6.54 Å². The molecule has 0 N–H and O–H groups in total. The van der Waals surface area contributed by atoms with Gasteiger partial charge in [-0.05, 0) is 13.8 Å². The Labute approximate surface area is 87.8 Å². The number of halogens is 1. The lowest BCUT2D eigenvalue weighted by molar-refractivity contribution is -0.142. The largest absolute Gasteiger partial charge is 0.465 e. The summed E-state index contributed by atoms with van der Waals surface area (Å²) in [5, 5.41) is -0.766. The minimum Gasteiger partial charge on any atom is -0.465 e. The molecule has 14 heavy (non-hydrogen) atoms. The molecule has 0 aliphatic carbocycles. The highest BCUT2D eigenvalue weighted by Crippen LogP contribution is 2.21. The fourth-order valence-corrected chi connectivity index (χ4v) is 1.39. The van der Waals surface area contributed by atoms with Gasteiger partial charge in [0.1, 0.15) is 0 Å². The topological polar surface area (TPSA) is 44.1 Å². The Morgan fingerprint density at radius 2 is 2.43 bits per heavy atom. The molecule has 0 aromatic carbocycles. The van der Waals surface area contributed by atoms with E-state index in [1.807, 2.05) is 11.5 Å². The molecule has 0 fully saturated rings. The first-order valence-corrected chi connectivity index (χ1v) is 4.95. The lowest BCUT2D eigenvalue weighted by Gasteiger charge is -2.10. The summed E-state index contributed by atoms with van der Waals surface area (Å²) >= 11 is 5.93. The molecule has 0 saturated carbocycles. The van der Waals surface area contributed by atoms with Gasteiger partial charge in [0.25, 0.3) is 0 Å². The predicted molar refractivity (Wildman–Crippen MR) is 53.1 cm³/mol. The van der Waals surface area contributed by atoms with Crippen molar-refractivity contribution < 1.29 is 9.53 Å². The van der Waals surface area contributed by atoms with Gasteiger partial charge in [0.2, 0.25) is 0 Å². The van der Waals surface area contributed by atoms with Crippen LogP contribution in [0.15, 0.2) is 12.5 Å². The van der Waals surface area contributed by atoms with Crippen LogP contribution < -0.4 is 0 Å². The summed E-state index contributed by atoms with van der Waals surface area (Å²) in [5.74, 6) is -0.427. The van der Waals surface area contributed by atoms with E-state index in [0.717, 1.165) is 6.54 Å². The second kappa shape index (κ2) is 5.00. The van der Waals surface area contributed by atoms with Crippen LogP contribution in [0.3, 0.4) is 0 Å². The number of aromatic nitrogens is 2. The van der Waals surface area contributed by atoms with Crippen molar-refractivity contribution in [3.8, 4) is 0 Å². The van der Waals surface area contributed by atoms with E-state index in [4.69, 9.17) is 16.3 Å². The van der Waals surface area contributed by atoms with Gasteiger partial charge in [-0.3, -0.25) is 4.79 Å². The van der Waals surface area contributed by atoms with Crippen LogP contribution >= 0.6 is 11.6 Å². The van der Waals surface area contributed by atoms with E-state index in [9.17, 15) is 4.79 Å². The van der Waals surface area contributed by atoms with Crippen LogP contribution in [-0.4, -0.2) is 22.1 Å². The fraction of sp³-hybridized carbons (Fsp3) is 0.556. The molecule has 0 spiro atoms. The van der Waals surface area contributed by atoms with Gasteiger partial charge in [0.15, 0.2) is 5.38 Å². The molecule has 0 bridgehead atoms. The average molecular weight is 217 g/mol. The number of aryl methyl sites for hydroxylation is 1. The van der Waals surface area contributed by atoms with E-state index in [-0.39, 0.29) is 0 Å². The van der Waals surface area contributed by atoms with Gasteiger partial charge in [0.05, 0.1) is 24.8 Å². The number of hydrogen-bond donors (Lipinski definition) is 0. The number of carbonyl (C=O) groups is 1. The van der Waals surface area contributed by atoms with Crippen molar-refractivity contribution in [3.05, 3.63) is 18.2 Å². The zero-order valence-electron chi connectivity index (χ0n) is 8.24. The second-order valence-electron chi connectivity index (χ2n) is 2.72. The molecule has 1 heterocycles. The third kappa shape index (κ3) is 2.26. The summed E-state index contributed by atoms with van der Waals surface area (Å²) in [4.78, 5) is 15.2. The van der Waals surface area contributed by atoms with Crippen LogP contribution in [0.4, 0.5) is 0 Å². The maximum atomic E-state index is 11.3. The van der Waals surface area contributed by atoms with E-state index in [1.165, 1.54) is 0 Å². The molecule has 0 amide bonds. The summed E-state index contributed by atoms with van der Waals surface area (Å²) in [6, 6.07) is 0. The molecular formula is C9H13ClN2O2. The lowest BCUT2D eigenvalue weighted by Crippen LogP contribution is -2.14. The van der Waals surface area contributed by atoms with Crippen molar-refractivity contribution in [1.29, 1.82) is 0 Å². The Hall–Kier alpha value is -1.03. The van der Waals surface area contributed by atoms with Gasteiger partial charge < -0.3 is 9.30 Å². The number of hydrogen-bond acceptors (Lipinski definition) is 3.